The van der Waals surface area contributed by atoms with E-state index in [4.69, 9.17) is 0 Å². The Bertz CT molecular complexity index is 723. The van der Waals surface area contributed by atoms with E-state index in [0.29, 0.717) is 5.82 Å². The third-order valence-electron chi connectivity index (χ3n) is 3.15. The van der Waals surface area contributed by atoms with E-state index in [0.717, 1.165) is 16.8 Å². The Morgan fingerprint density at radius 2 is 1.96 bits per heavy atom. The highest BCUT2D eigenvalue weighted by atomic mass is 16.2. The van der Waals surface area contributed by atoms with Gasteiger partial charge in [0.2, 0.25) is 5.91 Å². The molecule has 0 aliphatic rings. The lowest BCUT2D eigenvalue weighted by atomic mass is 10.1. The molecule has 0 saturated heterocycles. The number of hydrogen-bond acceptors (Lipinski definition) is 4. The molecule has 1 aromatic heterocycles. The van der Waals surface area contributed by atoms with E-state index in [1.54, 1.807) is 14.1 Å². The number of anilines is 2. The van der Waals surface area contributed by atoms with Crippen LogP contribution in [0.1, 0.15) is 11.1 Å². The fourth-order valence-electron chi connectivity index (χ4n) is 1.86. The molecule has 2 rings (SSSR count). The van der Waals surface area contributed by atoms with E-state index >= 15 is 0 Å². The SMILES string of the molecule is Cc1ccc(C)c(NC(=O)Cn2cc(NC(=O)N(C)C)nn2)c1. The highest BCUT2D eigenvalue weighted by Crippen LogP contribution is 2.16. The van der Waals surface area contributed by atoms with E-state index in [1.807, 2.05) is 32.0 Å². The average molecular weight is 316 g/mol. The molecule has 0 atom stereocenters. The molecular formula is C15H20N6O2. The molecule has 8 heteroatoms. The molecule has 0 saturated carbocycles. The first-order valence-corrected chi connectivity index (χ1v) is 7.10. The van der Waals surface area contributed by atoms with Gasteiger partial charge in [-0.05, 0) is 31.0 Å². The van der Waals surface area contributed by atoms with Crippen LogP contribution in [0, 0.1) is 13.8 Å². The summed E-state index contributed by atoms with van der Waals surface area (Å²) in [4.78, 5) is 25.0. The Morgan fingerprint density at radius 3 is 2.65 bits per heavy atom. The third kappa shape index (κ3) is 4.53. The Balaban J connectivity index is 1.97. The minimum absolute atomic E-state index is 0.0121. The van der Waals surface area contributed by atoms with Gasteiger partial charge in [0.05, 0.1) is 6.20 Å². The standard InChI is InChI=1S/C15H20N6O2/c1-10-5-6-11(2)12(7-10)16-14(22)9-21-8-13(18-19-21)17-15(23)20(3)4/h5-8H,9H2,1-4H3,(H,16,22)(H,17,23). The third-order valence-corrected chi connectivity index (χ3v) is 3.15. The number of nitrogens with one attached hydrogen (secondary N) is 2. The van der Waals surface area contributed by atoms with E-state index in [-0.39, 0.29) is 18.5 Å². The van der Waals surface area contributed by atoms with Gasteiger partial charge in [-0.15, -0.1) is 5.10 Å². The predicted octanol–water partition coefficient (Wildman–Crippen LogP) is 1.63. The van der Waals surface area contributed by atoms with Crippen LogP contribution < -0.4 is 10.6 Å². The van der Waals surface area contributed by atoms with Crippen LogP contribution in [0.3, 0.4) is 0 Å². The highest BCUT2D eigenvalue weighted by molar-refractivity contribution is 5.91. The van der Waals surface area contributed by atoms with Crippen LogP contribution in [0.15, 0.2) is 24.4 Å². The summed E-state index contributed by atoms with van der Waals surface area (Å²) in [7, 11) is 3.24. The fraction of sp³-hybridized carbons (Fsp3) is 0.333. The van der Waals surface area contributed by atoms with Crippen molar-refractivity contribution >= 4 is 23.4 Å². The van der Waals surface area contributed by atoms with Gasteiger partial charge in [0.1, 0.15) is 6.54 Å². The van der Waals surface area contributed by atoms with Gasteiger partial charge in [-0.3, -0.25) is 10.1 Å². The normalized spacial score (nSPS) is 10.3. The largest absolute Gasteiger partial charge is 0.331 e. The first-order valence-electron chi connectivity index (χ1n) is 7.10. The van der Waals surface area contributed by atoms with Gasteiger partial charge in [0.25, 0.3) is 0 Å². The molecule has 0 spiro atoms. The summed E-state index contributed by atoms with van der Waals surface area (Å²) in [6.45, 7) is 3.91. The van der Waals surface area contributed by atoms with Gasteiger partial charge in [-0.25, -0.2) is 9.48 Å². The number of benzene rings is 1. The zero-order valence-corrected chi connectivity index (χ0v) is 13.6. The average Bonchev–Trinajstić information content (AvgIpc) is 2.89. The van der Waals surface area contributed by atoms with Crippen LogP contribution in [0.4, 0.5) is 16.3 Å². The van der Waals surface area contributed by atoms with Crippen LogP contribution in [0.25, 0.3) is 0 Å². The maximum Gasteiger partial charge on any atom is 0.322 e. The van der Waals surface area contributed by atoms with Crippen LogP contribution in [0.2, 0.25) is 0 Å². The minimum Gasteiger partial charge on any atom is -0.331 e. The summed E-state index contributed by atoms with van der Waals surface area (Å²) in [6.07, 6.45) is 1.50. The van der Waals surface area contributed by atoms with Crippen LogP contribution in [0.5, 0.6) is 0 Å². The van der Waals surface area contributed by atoms with Crippen molar-refractivity contribution in [3.05, 3.63) is 35.5 Å². The van der Waals surface area contributed by atoms with Crippen molar-refractivity contribution in [3.8, 4) is 0 Å². The van der Waals surface area contributed by atoms with E-state index in [1.165, 1.54) is 15.8 Å². The monoisotopic (exact) mass is 316 g/mol. The van der Waals surface area contributed by atoms with Crippen LogP contribution >= 0.6 is 0 Å². The second-order valence-electron chi connectivity index (χ2n) is 5.49. The number of hydrogen-bond donors (Lipinski definition) is 2. The number of aryl methyl sites for hydroxylation is 2. The minimum atomic E-state index is -0.308. The van der Waals surface area contributed by atoms with Gasteiger partial charge in [0.15, 0.2) is 5.82 Å². The highest BCUT2D eigenvalue weighted by Gasteiger charge is 2.10. The molecule has 0 bridgehead atoms. The first kappa shape index (κ1) is 16.5. The smallest absolute Gasteiger partial charge is 0.322 e. The Hall–Kier alpha value is -2.90. The van der Waals surface area contributed by atoms with Crippen molar-refractivity contribution in [2.24, 2.45) is 0 Å². The number of amides is 3. The number of aromatic nitrogens is 3. The zero-order valence-electron chi connectivity index (χ0n) is 13.6. The maximum atomic E-state index is 12.1. The Kier molecular flexibility index (Phi) is 4.95. The quantitative estimate of drug-likeness (QED) is 0.896. The number of nitrogens with zero attached hydrogens (tertiary/aromatic N) is 4. The topological polar surface area (TPSA) is 92.2 Å². The van der Waals surface area contributed by atoms with E-state index in [9.17, 15) is 9.59 Å². The lowest BCUT2D eigenvalue weighted by Crippen LogP contribution is -2.27. The molecule has 0 radical (unpaired) electrons. The second-order valence-corrected chi connectivity index (χ2v) is 5.49. The summed E-state index contributed by atoms with van der Waals surface area (Å²) >= 11 is 0. The van der Waals surface area contributed by atoms with Crippen molar-refractivity contribution < 1.29 is 9.59 Å². The molecule has 23 heavy (non-hydrogen) atoms. The van der Waals surface area contributed by atoms with Crippen LogP contribution in [-0.2, 0) is 11.3 Å². The molecule has 2 N–H and O–H groups in total. The molecule has 3 amide bonds. The van der Waals surface area contributed by atoms with Crippen LogP contribution in [-0.4, -0.2) is 45.9 Å². The number of carbonyl (C=O) groups is 2. The summed E-state index contributed by atoms with van der Waals surface area (Å²) in [5.74, 6) is 0.0809. The van der Waals surface area contributed by atoms with Crippen molar-refractivity contribution in [2.45, 2.75) is 20.4 Å². The van der Waals surface area contributed by atoms with Crippen molar-refractivity contribution in [1.29, 1.82) is 0 Å². The van der Waals surface area contributed by atoms with Crippen molar-refractivity contribution in [3.63, 3.8) is 0 Å². The van der Waals surface area contributed by atoms with Gasteiger partial charge < -0.3 is 10.2 Å². The van der Waals surface area contributed by atoms with Gasteiger partial charge >= 0.3 is 6.03 Å². The van der Waals surface area contributed by atoms with Gasteiger partial charge in [-0.1, -0.05) is 17.3 Å². The maximum absolute atomic E-state index is 12.1. The fourth-order valence-corrected chi connectivity index (χ4v) is 1.86. The first-order chi connectivity index (χ1) is 10.8. The van der Waals surface area contributed by atoms with Crippen molar-refractivity contribution in [1.82, 2.24) is 19.9 Å². The molecule has 2 aromatic rings. The molecule has 0 unspecified atom stereocenters. The lowest BCUT2D eigenvalue weighted by molar-refractivity contribution is -0.116. The molecule has 1 aromatic carbocycles. The summed E-state index contributed by atoms with van der Waals surface area (Å²) < 4.78 is 1.37. The number of carbonyl (C=O) groups excluding carboxylic acids is 2. The predicted molar refractivity (Wildman–Crippen MR) is 87.3 cm³/mol. The summed E-state index contributed by atoms with van der Waals surface area (Å²) in [5.41, 5.74) is 2.83. The van der Waals surface area contributed by atoms with Gasteiger partial charge in [-0.2, -0.15) is 0 Å². The second kappa shape index (κ2) is 6.91. The van der Waals surface area contributed by atoms with Gasteiger partial charge in [0, 0.05) is 19.8 Å². The Labute approximate surface area is 134 Å². The van der Waals surface area contributed by atoms with E-state index < -0.39 is 0 Å². The molecule has 1 heterocycles. The molecule has 8 nitrogen and oxygen atoms in total. The molecule has 122 valence electrons. The number of urea groups is 1. The molecule has 0 aliphatic carbocycles. The Morgan fingerprint density at radius 1 is 1.22 bits per heavy atom. The molecular weight excluding hydrogens is 296 g/mol. The molecule has 0 aliphatic heterocycles. The van der Waals surface area contributed by atoms with E-state index in [2.05, 4.69) is 20.9 Å². The number of rotatable bonds is 4. The molecule has 0 fully saturated rings. The summed E-state index contributed by atoms with van der Waals surface area (Å²) in [6, 6.07) is 5.55. The zero-order chi connectivity index (χ0) is 17.0. The van der Waals surface area contributed by atoms with Crippen molar-refractivity contribution in [2.75, 3.05) is 24.7 Å². The summed E-state index contributed by atoms with van der Waals surface area (Å²) in [5, 5.41) is 13.0. The lowest BCUT2D eigenvalue weighted by Gasteiger charge is -2.09.